The van der Waals surface area contributed by atoms with E-state index in [0.29, 0.717) is 26.1 Å². The van der Waals surface area contributed by atoms with Crippen molar-refractivity contribution in [2.24, 2.45) is 0 Å². The number of allylic oxidation sites excluding steroid dienone is 1. The highest BCUT2D eigenvalue weighted by atomic mass is 28.4. The molecule has 1 atom stereocenters. The fourth-order valence-electron chi connectivity index (χ4n) is 6.70. The average Bonchev–Trinajstić information content (AvgIpc) is 3.06. The van der Waals surface area contributed by atoms with Crippen LogP contribution in [0.1, 0.15) is 61.3 Å². The molecule has 0 aliphatic heterocycles. The molecule has 248 valence electrons. The summed E-state index contributed by atoms with van der Waals surface area (Å²) in [4.78, 5) is 12.2. The van der Waals surface area contributed by atoms with Crippen LogP contribution in [0, 0.1) is 0 Å². The Hall–Kier alpha value is -3.56. The molecule has 0 aromatic heterocycles. The normalized spacial score (nSPS) is 13.4. The Morgan fingerprint density at radius 3 is 1.38 bits per heavy atom. The lowest BCUT2D eigenvalue weighted by atomic mass is 10.2. The van der Waals surface area contributed by atoms with E-state index in [9.17, 15) is 4.79 Å². The van der Waals surface area contributed by atoms with Gasteiger partial charge in [0.05, 0.1) is 19.3 Å². The largest absolute Gasteiger partial charge is 0.466 e. The Morgan fingerprint density at radius 1 is 0.638 bits per heavy atom. The lowest BCUT2D eigenvalue weighted by Crippen LogP contribution is -2.69. The van der Waals surface area contributed by atoms with Gasteiger partial charge in [-0.15, -0.1) is 0 Å². The van der Waals surface area contributed by atoms with E-state index in [0.717, 1.165) is 0 Å². The summed E-state index contributed by atoms with van der Waals surface area (Å²) >= 11 is 0. The summed E-state index contributed by atoms with van der Waals surface area (Å²) < 4.78 is 20.3. The van der Waals surface area contributed by atoms with Crippen LogP contribution in [0.15, 0.2) is 133 Å². The lowest BCUT2D eigenvalue weighted by Gasteiger charge is -2.46. The van der Waals surface area contributed by atoms with Gasteiger partial charge in [0, 0.05) is 6.42 Å². The van der Waals surface area contributed by atoms with E-state index >= 15 is 0 Å². The van der Waals surface area contributed by atoms with Gasteiger partial charge in [0.2, 0.25) is 0 Å². The van der Waals surface area contributed by atoms with Crippen molar-refractivity contribution in [1.29, 1.82) is 0 Å². The molecular formula is C41H52O4Si2. The molecule has 0 spiro atoms. The molecule has 4 rings (SSSR count). The highest BCUT2D eigenvalue weighted by molar-refractivity contribution is 7.00. The predicted octanol–water partition coefficient (Wildman–Crippen LogP) is 7.41. The maximum atomic E-state index is 12.2. The average molecular weight is 665 g/mol. The molecule has 0 unspecified atom stereocenters. The number of rotatable bonds is 14. The van der Waals surface area contributed by atoms with Crippen molar-refractivity contribution in [3.05, 3.63) is 133 Å². The van der Waals surface area contributed by atoms with Gasteiger partial charge in [-0.2, -0.15) is 0 Å². The summed E-state index contributed by atoms with van der Waals surface area (Å²) in [6.07, 6.45) is 4.71. The third-order valence-electron chi connectivity index (χ3n) is 8.80. The third-order valence-corrected chi connectivity index (χ3v) is 18.9. The Balaban J connectivity index is 1.85. The van der Waals surface area contributed by atoms with Crippen LogP contribution in [0.2, 0.25) is 10.1 Å². The predicted molar refractivity (Wildman–Crippen MR) is 201 cm³/mol. The summed E-state index contributed by atoms with van der Waals surface area (Å²) in [5.41, 5.74) is 0. The first-order chi connectivity index (χ1) is 22.5. The molecule has 0 aliphatic carbocycles. The number of carbonyl (C=O) groups excluding carboxylic acids is 1. The quantitative estimate of drug-likeness (QED) is 0.0801. The van der Waals surface area contributed by atoms with Crippen molar-refractivity contribution in [1.82, 2.24) is 0 Å². The SMILES string of the molecule is CCOC(=O)CC/C=C/[C@H](CO[Si](c1ccccc1)(c1ccccc1)C(C)(C)C)O[Si](c1ccccc1)(c1ccccc1)C(C)(C)C. The standard InChI is InChI=1S/C41H52O4Si2/c1-8-43-39(42)32-22-21-23-34(45-47(41(5,6)7,37-28-17-11-18-29-37)38-30-19-12-20-31-38)33-44-46(40(2,3)4,35-24-13-9-14-25-35)36-26-15-10-16-27-36/h9-21,23-31,34H,8,22,32-33H2,1-7H3/b23-21+/t34-/m1/s1. The fraction of sp³-hybridized carbons (Fsp3) is 0.341. The molecule has 0 saturated heterocycles. The zero-order chi connectivity index (χ0) is 34.0. The zero-order valence-electron chi connectivity index (χ0n) is 29.2. The van der Waals surface area contributed by atoms with Crippen LogP contribution in [-0.4, -0.2) is 41.9 Å². The van der Waals surface area contributed by atoms with Crippen LogP contribution in [0.4, 0.5) is 0 Å². The van der Waals surface area contributed by atoms with Gasteiger partial charge >= 0.3 is 5.97 Å². The van der Waals surface area contributed by atoms with Gasteiger partial charge in [0.25, 0.3) is 16.6 Å². The van der Waals surface area contributed by atoms with Crippen LogP contribution in [0.5, 0.6) is 0 Å². The van der Waals surface area contributed by atoms with Gasteiger partial charge in [-0.05, 0) is 44.2 Å². The van der Waals surface area contributed by atoms with Crippen LogP contribution < -0.4 is 20.7 Å². The second-order valence-electron chi connectivity index (χ2n) is 14.1. The minimum atomic E-state index is -2.92. The summed E-state index contributed by atoms with van der Waals surface area (Å²) in [5, 5.41) is 4.52. The van der Waals surface area contributed by atoms with Crippen LogP contribution in [-0.2, 0) is 18.4 Å². The first-order valence-corrected chi connectivity index (χ1v) is 20.6. The first kappa shape index (κ1) is 36.3. The van der Waals surface area contributed by atoms with E-state index in [1.54, 1.807) is 0 Å². The molecule has 0 radical (unpaired) electrons. The second kappa shape index (κ2) is 16.0. The van der Waals surface area contributed by atoms with Gasteiger partial charge in [-0.1, -0.05) is 175 Å². The number of ether oxygens (including phenoxy) is 1. The minimum Gasteiger partial charge on any atom is -0.466 e. The van der Waals surface area contributed by atoms with Crippen molar-refractivity contribution in [2.75, 3.05) is 13.2 Å². The molecule has 4 nitrogen and oxygen atoms in total. The number of carbonyl (C=O) groups is 1. The molecule has 0 bridgehead atoms. The third kappa shape index (κ3) is 8.30. The molecule has 0 heterocycles. The van der Waals surface area contributed by atoms with Crippen molar-refractivity contribution in [3.8, 4) is 0 Å². The summed E-state index contributed by atoms with van der Waals surface area (Å²) in [6.45, 7) is 16.4. The van der Waals surface area contributed by atoms with Crippen molar-refractivity contribution >= 4 is 43.4 Å². The van der Waals surface area contributed by atoms with Gasteiger partial charge in [0.1, 0.15) is 0 Å². The van der Waals surface area contributed by atoms with Gasteiger partial charge < -0.3 is 13.6 Å². The molecule has 4 aromatic rings. The van der Waals surface area contributed by atoms with Crippen molar-refractivity contribution < 1.29 is 18.4 Å². The Kier molecular flexibility index (Phi) is 12.4. The van der Waals surface area contributed by atoms with E-state index in [-0.39, 0.29) is 22.1 Å². The van der Waals surface area contributed by atoms with Gasteiger partial charge in [-0.25, -0.2) is 0 Å². The first-order valence-electron chi connectivity index (χ1n) is 16.8. The second-order valence-corrected chi connectivity index (χ2v) is 22.6. The molecule has 6 heteroatoms. The molecule has 0 saturated carbocycles. The van der Waals surface area contributed by atoms with E-state index in [1.165, 1.54) is 20.7 Å². The zero-order valence-corrected chi connectivity index (χ0v) is 31.2. The maximum Gasteiger partial charge on any atom is 0.306 e. The lowest BCUT2D eigenvalue weighted by molar-refractivity contribution is -0.143. The molecule has 0 N–H and O–H groups in total. The molecule has 0 aliphatic rings. The number of hydrogen-bond acceptors (Lipinski definition) is 4. The molecule has 0 fully saturated rings. The molecule has 4 aromatic carbocycles. The topological polar surface area (TPSA) is 44.8 Å². The Bertz CT molecular complexity index is 1460. The Labute approximate surface area is 285 Å². The van der Waals surface area contributed by atoms with E-state index in [2.05, 4.69) is 175 Å². The highest BCUT2D eigenvalue weighted by Gasteiger charge is 2.53. The maximum absolute atomic E-state index is 12.2. The Morgan fingerprint density at radius 2 is 1.02 bits per heavy atom. The van der Waals surface area contributed by atoms with Crippen LogP contribution in [0.25, 0.3) is 0 Å². The number of hydrogen-bond donors (Lipinski definition) is 0. The summed E-state index contributed by atoms with van der Waals surface area (Å²) in [6, 6.07) is 42.9. The van der Waals surface area contributed by atoms with E-state index in [1.807, 2.05) is 6.92 Å². The van der Waals surface area contributed by atoms with Gasteiger partial charge in [0.15, 0.2) is 0 Å². The molecular weight excluding hydrogens is 613 g/mol. The minimum absolute atomic E-state index is 0.175. The van der Waals surface area contributed by atoms with Crippen molar-refractivity contribution in [3.63, 3.8) is 0 Å². The molecule has 0 amide bonds. The summed E-state index contributed by atoms with van der Waals surface area (Å²) in [7, 11) is -5.76. The highest BCUT2D eigenvalue weighted by Crippen LogP contribution is 2.39. The van der Waals surface area contributed by atoms with E-state index in [4.69, 9.17) is 13.6 Å². The van der Waals surface area contributed by atoms with Crippen molar-refractivity contribution in [2.45, 2.75) is 77.5 Å². The fourth-order valence-corrected chi connectivity index (χ4v) is 15.9. The van der Waals surface area contributed by atoms with Crippen LogP contribution in [0.3, 0.4) is 0 Å². The van der Waals surface area contributed by atoms with Crippen LogP contribution >= 0.6 is 0 Å². The summed E-state index contributed by atoms with van der Waals surface area (Å²) in [5.74, 6) is -0.190. The van der Waals surface area contributed by atoms with Gasteiger partial charge in [-0.3, -0.25) is 4.79 Å². The number of esters is 1. The van der Waals surface area contributed by atoms with E-state index < -0.39 is 16.6 Å². The molecule has 47 heavy (non-hydrogen) atoms. The number of benzene rings is 4. The monoisotopic (exact) mass is 664 g/mol. The smallest absolute Gasteiger partial charge is 0.306 e.